The van der Waals surface area contributed by atoms with E-state index in [4.69, 9.17) is 14.5 Å². The molecule has 2 aliphatic rings. The predicted molar refractivity (Wildman–Crippen MR) is 137 cm³/mol. The number of nitrogens with zero attached hydrogens (tertiary/aromatic N) is 3. The Bertz CT molecular complexity index is 1430. The lowest BCUT2D eigenvalue weighted by Crippen LogP contribution is -2.42. The SMILES string of the molecule is COC(=O)N1c2ccc3c(nc(CC(C(=O)O)c4ccc(C(F)F)cc4)n3[C@@H]3COCC(F)(F)C3)c2CC[C@@H]1C. The quantitative estimate of drug-likeness (QED) is 0.376. The maximum Gasteiger partial charge on any atom is 0.414 e. The fourth-order valence-corrected chi connectivity index (χ4v) is 5.75. The van der Waals surface area contributed by atoms with Crippen molar-refractivity contribution in [1.82, 2.24) is 9.55 Å². The largest absolute Gasteiger partial charge is 0.481 e. The second-order valence-corrected chi connectivity index (χ2v) is 10.3. The Morgan fingerprint density at radius 2 is 1.88 bits per heavy atom. The molecule has 3 atom stereocenters. The number of halogens is 4. The number of alkyl halides is 4. The van der Waals surface area contributed by atoms with Crippen LogP contribution in [0.2, 0.25) is 0 Å². The predicted octanol–water partition coefficient (Wildman–Crippen LogP) is 5.89. The molecular formula is C28H29F4N3O5. The average molecular weight is 564 g/mol. The van der Waals surface area contributed by atoms with Crippen LogP contribution in [0.5, 0.6) is 0 Å². The van der Waals surface area contributed by atoms with Gasteiger partial charge in [0, 0.05) is 30.0 Å². The number of carbonyl (C=O) groups excluding carboxylic acids is 1. The standard InChI is InChI=1S/C28H29F4N3O5/c1-15-3-8-19-21(34(15)27(38)39-2)9-10-22-24(19)33-23(35(22)18-12-28(31,32)14-40-13-18)11-20(26(36)37)16-4-6-17(7-5-16)25(29)30/h4-7,9-10,15,18,20,25H,3,8,11-14H2,1-2H3,(H,36,37)/t15-,18-,20?/m0/s1. The Morgan fingerprint density at radius 1 is 1.18 bits per heavy atom. The first kappa shape index (κ1) is 27.9. The number of imidazole rings is 1. The number of hydrogen-bond donors (Lipinski definition) is 1. The first-order chi connectivity index (χ1) is 19.0. The van der Waals surface area contributed by atoms with Crippen LogP contribution in [0.25, 0.3) is 11.0 Å². The minimum absolute atomic E-state index is 0.0166. The lowest BCUT2D eigenvalue weighted by atomic mass is 9.94. The minimum atomic E-state index is -3.08. The van der Waals surface area contributed by atoms with Gasteiger partial charge in [-0.25, -0.2) is 27.3 Å². The molecule has 1 saturated heterocycles. The van der Waals surface area contributed by atoms with E-state index in [0.29, 0.717) is 29.6 Å². The van der Waals surface area contributed by atoms with Gasteiger partial charge in [-0.15, -0.1) is 0 Å². The topological polar surface area (TPSA) is 93.9 Å². The van der Waals surface area contributed by atoms with Gasteiger partial charge in [-0.1, -0.05) is 24.3 Å². The number of ether oxygens (including phenoxy) is 2. The number of amides is 1. The van der Waals surface area contributed by atoms with E-state index in [1.54, 1.807) is 16.7 Å². The summed E-state index contributed by atoms with van der Waals surface area (Å²) in [6.45, 7) is 1.17. The maximum atomic E-state index is 14.5. The van der Waals surface area contributed by atoms with Gasteiger partial charge < -0.3 is 19.1 Å². The third kappa shape index (κ3) is 5.12. The smallest absolute Gasteiger partial charge is 0.414 e. The highest BCUT2D eigenvalue weighted by atomic mass is 19.3. The molecule has 2 aromatic carbocycles. The molecule has 0 radical (unpaired) electrons. The average Bonchev–Trinajstić information content (AvgIpc) is 3.29. The monoisotopic (exact) mass is 563 g/mol. The van der Waals surface area contributed by atoms with E-state index in [2.05, 4.69) is 0 Å². The maximum absolute atomic E-state index is 14.5. The number of aliphatic carboxylic acids is 1. The number of rotatable bonds is 6. The highest BCUT2D eigenvalue weighted by Crippen LogP contribution is 2.40. The molecule has 3 aromatic rings. The third-order valence-electron chi connectivity index (χ3n) is 7.70. The number of methoxy groups -OCH3 is 1. The van der Waals surface area contributed by atoms with Crippen molar-refractivity contribution in [2.24, 2.45) is 0 Å². The molecule has 1 aromatic heterocycles. The first-order valence-electron chi connectivity index (χ1n) is 13.0. The van der Waals surface area contributed by atoms with Gasteiger partial charge >= 0.3 is 12.1 Å². The zero-order valence-electron chi connectivity index (χ0n) is 21.9. The molecule has 1 N–H and O–H groups in total. The highest BCUT2D eigenvalue weighted by Gasteiger charge is 2.40. The molecule has 0 bridgehead atoms. The lowest BCUT2D eigenvalue weighted by Gasteiger charge is -2.34. The normalized spacial score (nSPS) is 21.3. The molecule has 2 aliphatic heterocycles. The molecule has 0 saturated carbocycles. The van der Waals surface area contributed by atoms with E-state index < -0.39 is 49.4 Å². The van der Waals surface area contributed by atoms with Gasteiger partial charge in [-0.2, -0.15) is 0 Å². The summed E-state index contributed by atoms with van der Waals surface area (Å²) in [6.07, 6.45) is -2.76. The van der Waals surface area contributed by atoms with Gasteiger partial charge in [-0.3, -0.25) is 9.69 Å². The number of aromatic nitrogens is 2. The Labute approximate surface area is 227 Å². The zero-order chi connectivity index (χ0) is 28.8. The second-order valence-electron chi connectivity index (χ2n) is 10.3. The number of carboxylic acids is 1. The molecule has 0 aliphatic carbocycles. The van der Waals surface area contributed by atoms with Gasteiger partial charge in [0.2, 0.25) is 0 Å². The lowest BCUT2D eigenvalue weighted by molar-refractivity contribution is -0.139. The van der Waals surface area contributed by atoms with Gasteiger partial charge in [0.1, 0.15) is 12.4 Å². The van der Waals surface area contributed by atoms with Crippen molar-refractivity contribution in [3.8, 4) is 0 Å². The summed E-state index contributed by atoms with van der Waals surface area (Å²) in [4.78, 5) is 31.3. The van der Waals surface area contributed by atoms with Crippen LogP contribution in [0, 0.1) is 0 Å². The van der Waals surface area contributed by atoms with Gasteiger partial charge in [-0.05, 0) is 37.5 Å². The minimum Gasteiger partial charge on any atom is -0.481 e. The van der Waals surface area contributed by atoms with E-state index in [1.807, 2.05) is 6.92 Å². The Hall–Kier alpha value is -3.67. The summed E-state index contributed by atoms with van der Waals surface area (Å²) < 4.78 is 66.9. The van der Waals surface area contributed by atoms with Crippen LogP contribution in [0.1, 0.15) is 60.7 Å². The summed E-state index contributed by atoms with van der Waals surface area (Å²) >= 11 is 0. The molecule has 8 nitrogen and oxygen atoms in total. The van der Waals surface area contributed by atoms with E-state index >= 15 is 0 Å². The van der Waals surface area contributed by atoms with Crippen molar-refractivity contribution in [3.05, 3.63) is 58.9 Å². The number of anilines is 1. The van der Waals surface area contributed by atoms with Gasteiger partial charge in [0.15, 0.2) is 0 Å². The summed E-state index contributed by atoms with van der Waals surface area (Å²) in [7, 11) is 1.29. The molecule has 40 heavy (non-hydrogen) atoms. The summed E-state index contributed by atoms with van der Waals surface area (Å²) in [5.41, 5.74) is 2.39. The number of aryl methyl sites for hydroxylation is 1. The van der Waals surface area contributed by atoms with Crippen molar-refractivity contribution in [2.75, 3.05) is 25.2 Å². The molecular weight excluding hydrogens is 534 g/mol. The van der Waals surface area contributed by atoms with Crippen molar-refractivity contribution in [3.63, 3.8) is 0 Å². The van der Waals surface area contributed by atoms with Gasteiger partial charge in [0.05, 0.1) is 42.4 Å². The molecule has 1 amide bonds. The van der Waals surface area contributed by atoms with Crippen molar-refractivity contribution >= 4 is 28.8 Å². The third-order valence-corrected chi connectivity index (χ3v) is 7.70. The Kier molecular flexibility index (Phi) is 7.47. The zero-order valence-corrected chi connectivity index (χ0v) is 21.9. The fourth-order valence-electron chi connectivity index (χ4n) is 5.75. The molecule has 12 heteroatoms. The van der Waals surface area contributed by atoms with Gasteiger partial charge in [0.25, 0.3) is 12.3 Å². The number of carbonyl (C=O) groups is 2. The highest BCUT2D eigenvalue weighted by molar-refractivity contribution is 5.95. The van der Waals surface area contributed by atoms with E-state index in [0.717, 1.165) is 5.56 Å². The van der Waals surface area contributed by atoms with Crippen LogP contribution in [-0.2, 0) is 27.1 Å². The van der Waals surface area contributed by atoms with E-state index in [1.165, 1.54) is 36.3 Å². The number of hydrogen-bond acceptors (Lipinski definition) is 5. The molecule has 0 spiro atoms. The number of benzene rings is 2. The molecule has 1 unspecified atom stereocenters. The van der Waals surface area contributed by atoms with Crippen molar-refractivity contribution in [2.45, 2.75) is 63.0 Å². The summed E-state index contributed by atoms with van der Waals surface area (Å²) in [6, 6.07) is 7.48. The molecule has 1 fully saturated rings. The van der Waals surface area contributed by atoms with Crippen LogP contribution >= 0.6 is 0 Å². The number of fused-ring (bicyclic) bond motifs is 3. The van der Waals surface area contributed by atoms with Crippen LogP contribution in [-0.4, -0.2) is 59.0 Å². The summed E-state index contributed by atoms with van der Waals surface area (Å²) in [5, 5.41) is 10.1. The first-order valence-corrected chi connectivity index (χ1v) is 13.0. The van der Waals surface area contributed by atoms with Crippen molar-refractivity contribution < 1.29 is 41.7 Å². The van der Waals surface area contributed by atoms with E-state index in [9.17, 15) is 32.3 Å². The van der Waals surface area contributed by atoms with Crippen LogP contribution in [0.15, 0.2) is 36.4 Å². The Balaban J connectivity index is 1.64. The molecule has 5 rings (SSSR count). The number of carboxylic acid groups (broad SMARTS) is 1. The second kappa shape index (κ2) is 10.7. The van der Waals surface area contributed by atoms with Crippen molar-refractivity contribution in [1.29, 1.82) is 0 Å². The molecule has 214 valence electrons. The van der Waals surface area contributed by atoms with Crippen LogP contribution in [0.3, 0.4) is 0 Å². The fraction of sp³-hybridized carbons (Fsp3) is 0.464. The van der Waals surface area contributed by atoms with Crippen LogP contribution in [0.4, 0.5) is 28.0 Å². The van der Waals surface area contributed by atoms with Crippen LogP contribution < -0.4 is 4.90 Å². The summed E-state index contributed by atoms with van der Waals surface area (Å²) in [5.74, 6) is -5.21. The van der Waals surface area contributed by atoms with E-state index in [-0.39, 0.29) is 36.0 Å². The Morgan fingerprint density at radius 3 is 2.50 bits per heavy atom. The molecule has 3 heterocycles.